The molecule has 1 fully saturated rings. The van der Waals surface area contributed by atoms with E-state index in [0.29, 0.717) is 18.6 Å². The van der Waals surface area contributed by atoms with Gasteiger partial charge in [0.2, 0.25) is 5.91 Å². The van der Waals surface area contributed by atoms with Crippen LogP contribution in [0.15, 0.2) is 53.5 Å². The van der Waals surface area contributed by atoms with Crippen LogP contribution in [0.25, 0.3) is 11.1 Å². The Hall–Kier alpha value is -3.68. The molecule has 2 aromatic carbocycles. The number of aliphatic imine (C=N–C) groups is 1. The van der Waals surface area contributed by atoms with Crippen LogP contribution < -0.4 is 11.1 Å². The number of benzene rings is 2. The molecule has 0 spiro atoms. The first-order chi connectivity index (χ1) is 16.6. The van der Waals surface area contributed by atoms with Gasteiger partial charge in [0.1, 0.15) is 12.2 Å². The zero-order valence-corrected chi connectivity index (χ0v) is 20.2. The summed E-state index contributed by atoms with van der Waals surface area (Å²) >= 11 is 0. The molecule has 0 saturated heterocycles. The van der Waals surface area contributed by atoms with Crippen LogP contribution in [0.4, 0.5) is 9.59 Å². The number of carbonyl (C=O) groups is 3. The van der Waals surface area contributed by atoms with Gasteiger partial charge in [0, 0.05) is 17.5 Å². The van der Waals surface area contributed by atoms with E-state index in [0.717, 1.165) is 22.3 Å². The quantitative estimate of drug-likeness (QED) is 0.669. The highest BCUT2D eigenvalue weighted by atomic mass is 16.6. The maximum absolute atomic E-state index is 12.7. The van der Waals surface area contributed by atoms with Crippen molar-refractivity contribution in [2.45, 2.75) is 57.6 Å². The van der Waals surface area contributed by atoms with Crippen LogP contribution in [-0.4, -0.2) is 42.1 Å². The van der Waals surface area contributed by atoms with Gasteiger partial charge in [-0.1, -0.05) is 48.5 Å². The molecule has 8 heteroatoms. The van der Waals surface area contributed by atoms with Gasteiger partial charge in [-0.15, -0.1) is 0 Å². The molecule has 2 atom stereocenters. The molecule has 8 nitrogen and oxygen atoms in total. The third kappa shape index (κ3) is 5.70. The van der Waals surface area contributed by atoms with Gasteiger partial charge in [-0.25, -0.2) is 9.59 Å². The lowest BCUT2D eigenvalue weighted by Crippen LogP contribution is -2.48. The molecule has 3 amide bonds. The molecule has 2 aliphatic carbocycles. The highest BCUT2D eigenvalue weighted by molar-refractivity contribution is 5.99. The van der Waals surface area contributed by atoms with Crippen molar-refractivity contribution in [2.75, 3.05) is 6.61 Å². The molecule has 0 heterocycles. The number of hydrogen-bond acceptors (Lipinski definition) is 5. The van der Waals surface area contributed by atoms with Gasteiger partial charge >= 0.3 is 12.2 Å². The molecule has 0 aliphatic heterocycles. The second-order valence-corrected chi connectivity index (χ2v) is 9.98. The first kappa shape index (κ1) is 24.4. The average Bonchev–Trinajstić information content (AvgIpc) is 3.11. The Morgan fingerprint density at radius 1 is 1.03 bits per heavy atom. The van der Waals surface area contributed by atoms with E-state index in [1.807, 2.05) is 36.4 Å². The Bertz CT molecular complexity index is 1120. The van der Waals surface area contributed by atoms with E-state index in [-0.39, 0.29) is 18.9 Å². The molecule has 35 heavy (non-hydrogen) atoms. The Morgan fingerprint density at radius 3 is 2.20 bits per heavy atom. The molecule has 0 unspecified atom stereocenters. The summed E-state index contributed by atoms with van der Waals surface area (Å²) in [4.78, 5) is 41.0. The topological polar surface area (TPSA) is 120 Å². The summed E-state index contributed by atoms with van der Waals surface area (Å²) in [5.41, 5.74) is 9.76. The van der Waals surface area contributed by atoms with Crippen LogP contribution in [0.1, 0.15) is 57.1 Å². The summed E-state index contributed by atoms with van der Waals surface area (Å²) in [5, 5.41) is 2.73. The minimum Gasteiger partial charge on any atom is -0.447 e. The molecule has 2 aliphatic rings. The fourth-order valence-electron chi connectivity index (χ4n) is 4.76. The van der Waals surface area contributed by atoms with Gasteiger partial charge in [0.05, 0.1) is 6.04 Å². The van der Waals surface area contributed by atoms with Gasteiger partial charge in [0.25, 0.3) is 0 Å². The van der Waals surface area contributed by atoms with Crippen molar-refractivity contribution in [3.05, 3.63) is 59.7 Å². The first-order valence-corrected chi connectivity index (χ1v) is 11.8. The number of nitrogens with two attached hydrogens (primary N) is 1. The number of amides is 3. The Morgan fingerprint density at radius 2 is 1.63 bits per heavy atom. The van der Waals surface area contributed by atoms with Crippen molar-refractivity contribution in [1.82, 2.24) is 5.32 Å². The van der Waals surface area contributed by atoms with Gasteiger partial charge in [-0.2, -0.15) is 4.99 Å². The van der Waals surface area contributed by atoms with E-state index in [1.165, 1.54) is 0 Å². The molecule has 2 aromatic rings. The normalized spacial score (nSPS) is 20.6. The number of primary amides is 1. The maximum Gasteiger partial charge on any atom is 0.433 e. The number of hydrogen-bond donors (Lipinski definition) is 2. The highest BCUT2D eigenvalue weighted by Crippen LogP contribution is 2.44. The number of nitrogens with one attached hydrogen (secondary N) is 1. The van der Waals surface area contributed by atoms with Crippen molar-refractivity contribution >= 4 is 23.8 Å². The Balaban J connectivity index is 1.47. The van der Waals surface area contributed by atoms with Crippen molar-refractivity contribution in [3.8, 4) is 11.1 Å². The van der Waals surface area contributed by atoms with Gasteiger partial charge < -0.3 is 20.5 Å². The fraction of sp³-hybridized carbons (Fsp3) is 0.407. The molecule has 184 valence electrons. The standard InChI is InChI=1S/C27H31N3O5/c1-27(2,3)35-26(33)30-23-14-16(24(28)31)12-13-22(23)29-25(32)34-15-21-19-10-6-4-8-17(19)18-9-5-7-11-20(18)21/h4-11,16,21,23H,12-15H2,1-3H3,(H2,28,31)(H,30,33)/t16-,23+/m0/s1. The minimum atomic E-state index is -0.727. The summed E-state index contributed by atoms with van der Waals surface area (Å²) in [6.07, 6.45) is -0.317. The number of carbonyl (C=O) groups excluding carboxylic acids is 3. The van der Waals surface area contributed by atoms with E-state index < -0.39 is 35.7 Å². The summed E-state index contributed by atoms with van der Waals surface area (Å²) in [7, 11) is 0. The maximum atomic E-state index is 12.7. The zero-order chi connectivity index (χ0) is 25.2. The SMILES string of the molecule is CC(C)(C)OC(=O)N[C@@H]1C[C@@H](C(N)=O)CCC1=NC(=O)OCC1c2ccccc2-c2ccccc21. The molecular weight excluding hydrogens is 446 g/mol. The van der Waals surface area contributed by atoms with Gasteiger partial charge in [-0.3, -0.25) is 4.79 Å². The summed E-state index contributed by atoms with van der Waals surface area (Å²) in [5.74, 6) is -0.939. The van der Waals surface area contributed by atoms with E-state index in [2.05, 4.69) is 22.4 Å². The second kappa shape index (κ2) is 9.90. The first-order valence-electron chi connectivity index (χ1n) is 11.8. The monoisotopic (exact) mass is 477 g/mol. The zero-order valence-electron chi connectivity index (χ0n) is 20.2. The van der Waals surface area contributed by atoms with Crippen LogP contribution in [0.2, 0.25) is 0 Å². The third-order valence-corrected chi connectivity index (χ3v) is 6.34. The third-order valence-electron chi connectivity index (χ3n) is 6.34. The van der Waals surface area contributed by atoms with Gasteiger partial charge in [0.15, 0.2) is 0 Å². The lowest BCUT2D eigenvalue weighted by atomic mass is 9.84. The molecule has 0 radical (unpaired) electrons. The van der Waals surface area contributed by atoms with Crippen molar-refractivity contribution < 1.29 is 23.9 Å². The van der Waals surface area contributed by atoms with Crippen LogP contribution >= 0.6 is 0 Å². The van der Waals surface area contributed by atoms with Crippen molar-refractivity contribution in [2.24, 2.45) is 16.6 Å². The smallest absolute Gasteiger partial charge is 0.433 e. The van der Waals surface area contributed by atoms with Crippen molar-refractivity contribution in [1.29, 1.82) is 0 Å². The fourth-order valence-corrected chi connectivity index (χ4v) is 4.76. The summed E-state index contributed by atoms with van der Waals surface area (Å²) in [6, 6.07) is 15.5. The van der Waals surface area contributed by atoms with Crippen LogP contribution in [-0.2, 0) is 14.3 Å². The molecular formula is C27H31N3O5. The van der Waals surface area contributed by atoms with Gasteiger partial charge in [-0.05, 0) is 62.3 Å². The minimum absolute atomic E-state index is 0.0761. The Labute approximate surface area is 204 Å². The largest absolute Gasteiger partial charge is 0.447 e. The Kier molecular flexibility index (Phi) is 6.91. The molecule has 0 aromatic heterocycles. The van der Waals surface area contributed by atoms with E-state index >= 15 is 0 Å². The number of ether oxygens (including phenoxy) is 2. The molecule has 1 saturated carbocycles. The van der Waals surface area contributed by atoms with E-state index in [9.17, 15) is 14.4 Å². The van der Waals surface area contributed by atoms with E-state index in [1.54, 1.807) is 20.8 Å². The number of nitrogens with zero attached hydrogens (tertiary/aromatic N) is 1. The summed E-state index contributed by atoms with van der Waals surface area (Å²) < 4.78 is 10.9. The molecule has 0 bridgehead atoms. The number of fused-ring (bicyclic) bond motifs is 3. The molecule has 4 rings (SSSR count). The van der Waals surface area contributed by atoms with Crippen LogP contribution in [0, 0.1) is 5.92 Å². The lowest BCUT2D eigenvalue weighted by molar-refractivity contribution is -0.122. The number of rotatable bonds is 4. The summed E-state index contributed by atoms with van der Waals surface area (Å²) in [6.45, 7) is 5.42. The average molecular weight is 478 g/mol. The van der Waals surface area contributed by atoms with Crippen molar-refractivity contribution in [3.63, 3.8) is 0 Å². The van der Waals surface area contributed by atoms with E-state index in [4.69, 9.17) is 15.2 Å². The predicted octanol–water partition coefficient (Wildman–Crippen LogP) is 4.56. The van der Waals surface area contributed by atoms with Crippen LogP contribution in [0.5, 0.6) is 0 Å². The highest BCUT2D eigenvalue weighted by Gasteiger charge is 2.34. The number of alkyl carbamates (subject to hydrolysis) is 1. The molecule has 3 N–H and O–H groups in total. The predicted molar refractivity (Wildman–Crippen MR) is 132 cm³/mol. The van der Waals surface area contributed by atoms with Crippen LogP contribution in [0.3, 0.4) is 0 Å². The lowest BCUT2D eigenvalue weighted by Gasteiger charge is -2.30. The second-order valence-electron chi connectivity index (χ2n) is 9.98.